The second kappa shape index (κ2) is 4.75. The van der Waals surface area contributed by atoms with E-state index >= 15 is 0 Å². The maximum Gasteiger partial charge on any atom is 0.137 e. The Labute approximate surface area is 87.3 Å². The number of rotatable bonds is 3. The first kappa shape index (κ1) is 10.7. The van der Waals surface area contributed by atoms with E-state index in [1.807, 2.05) is 6.07 Å². The molecule has 1 aromatic carbocycles. The van der Waals surface area contributed by atoms with Gasteiger partial charge in [-0.15, -0.1) is 0 Å². The molecule has 0 radical (unpaired) electrons. The Hall–Kier alpha value is -0.370. The minimum atomic E-state index is -0.166. The van der Waals surface area contributed by atoms with E-state index in [0.29, 0.717) is 10.4 Å². The van der Waals surface area contributed by atoms with Crippen molar-refractivity contribution in [1.82, 2.24) is 0 Å². The molecule has 0 saturated carbocycles. The van der Waals surface area contributed by atoms with Crippen molar-refractivity contribution in [2.45, 2.75) is 26.7 Å². The van der Waals surface area contributed by atoms with Crippen LogP contribution >= 0.6 is 15.9 Å². The van der Waals surface area contributed by atoms with E-state index in [9.17, 15) is 4.39 Å². The van der Waals surface area contributed by atoms with E-state index in [-0.39, 0.29) is 5.82 Å². The molecule has 1 rings (SSSR count). The van der Waals surface area contributed by atoms with Crippen molar-refractivity contribution >= 4 is 15.9 Å². The Morgan fingerprint density at radius 1 is 1.46 bits per heavy atom. The van der Waals surface area contributed by atoms with Crippen molar-refractivity contribution < 1.29 is 4.39 Å². The standard InChI is InChI=1S/C11H14BrF/c1-3-8(2)7-9-5-4-6-10(13)11(9)12/h4-6,8H,3,7H2,1-2H3. The molecule has 0 saturated heterocycles. The van der Waals surface area contributed by atoms with Gasteiger partial charge in [0.05, 0.1) is 4.47 Å². The summed E-state index contributed by atoms with van der Waals surface area (Å²) in [7, 11) is 0. The second-order valence-electron chi connectivity index (χ2n) is 3.43. The van der Waals surface area contributed by atoms with Crippen LogP contribution in [0.4, 0.5) is 4.39 Å². The summed E-state index contributed by atoms with van der Waals surface area (Å²) < 4.78 is 13.7. The lowest BCUT2D eigenvalue weighted by molar-refractivity contribution is 0.553. The van der Waals surface area contributed by atoms with Crippen molar-refractivity contribution in [2.75, 3.05) is 0 Å². The van der Waals surface area contributed by atoms with Gasteiger partial charge in [0.1, 0.15) is 5.82 Å². The summed E-state index contributed by atoms with van der Waals surface area (Å²) >= 11 is 3.26. The van der Waals surface area contributed by atoms with E-state index in [0.717, 1.165) is 18.4 Å². The van der Waals surface area contributed by atoms with Gasteiger partial charge in [0.15, 0.2) is 0 Å². The molecule has 0 aromatic heterocycles. The highest BCUT2D eigenvalue weighted by molar-refractivity contribution is 9.10. The third kappa shape index (κ3) is 2.80. The first-order chi connectivity index (χ1) is 6.15. The summed E-state index contributed by atoms with van der Waals surface area (Å²) in [5, 5.41) is 0. The lowest BCUT2D eigenvalue weighted by Gasteiger charge is -2.10. The summed E-state index contributed by atoms with van der Waals surface area (Å²) in [5.41, 5.74) is 1.06. The molecule has 0 N–H and O–H groups in total. The van der Waals surface area contributed by atoms with Gasteiger partial charge in [0.25, 0.3) is 0 Å². The average molecular weight is 245 g/mol. The lowest BCUT2D eigenvalue weighted by Crippen LogP contribution is -1.99. The Kier molecular flexibility index (Phi) is 3.91. The topological polar surface area (TPSA) is 0 Å². The van der Waals surface area contributed by atoms with Crippen LogP contribution in [-0.4, -0.2) is 0 Å². The quantitative estimate of drug-likeness (QED) is 0.749. The Morgan fingerprint density at radius 2 is 2.15 bits per heavy atom. The van der Waals surface area contributed by atoms with Gasteiger partial charge in [-0.3, -0.25) is 0 Å². The molecule has 1 unspecified atom stereocenters. The highest BCUT2D eigenvalue weighted by Gasteiger charge is 2.07. The fourth-order valence-corrected chi connectivity index (χ4v) is 1.65. The normalized spacial score (nSPS) is 12.9. The van der Waals surface area contributed by atoms with Crippen molar-refractivity contribution in [3.05, 3.63) is 34.1 Å². The molecule has 2 heteroatoms. The molecule has 0 spiro atoms. The van der Waals surface area contributed by atoms with Crippen LogP contribution in [0.3, 0.4) is 0 Å². The molecule has 0 amide bonds. The molecule has 1 aromatic rings. The minimum absolute atomic E-state index is 0.166. The van der Waals surface area contributed by atoms with E-state index in [2.05, 4.69) is 29.8 Å². The van der Waals surface area contributed by atoms with E-state index in [1.54, 1.807) is 6.07 Å². The van der Waals surface area contributed by atoms with E-state index < -0.39 is 0 Å². The highest BCUT2D eigenvalue weighted by atomic mass is 79.9. The predicted molar refractivity (Wildman–Crippen MR) is 57.3 cm³/mol. The third-order valence-corrected chi connectivity index (χ3v) is 3.18. The number of halogens is 2. The van der Waals surface area contributed by atoms with Gasteiger partial charge in [-0.25, -0.2) is 4.39 Å². The zero-order valence-electron chi connectivity index (χ0n) is 7.98. The van der Waals surface area contributed by atoms with Crippen LogP contribution in [0.1, 0.15) is 25.8 Å². The highest BCUT2D eigenvalue weighted by Crippen LogP contribution is 2.23. The molecule has 0 bridgehead atoms. The second-order valence-corrected chi connectivity index (χ2v) is 4.22. The Balaban J connectivity index is 2.83. The smallest absolute Gasteiger partial charge is 0.137 e. The van der Waals surface area contributed by atoms with Crippen molar-refractivity contribution in [2.24, 2.45) is 5.92 Å². The monoisotopic (exact) mass is 244 g/mol. The first-order valence-electron chi connectivity index (χ1n) is 4.58. The number of benzene rings is 1. The van der Waals surface area contributed by atoms with Crippen LogP contribution in [0.5, 0.6) is 0 Å². The Bertz CT molecular complexity index is 283. The fraction of sp³-hybridized carbons (Fsp3) is 0.455. The zero-order valence-corrected chi connectivity index (χ0v) is 9.57. The number of hydrogen-bond donors (Lipinski definition) is 0. The third-order valence-electron chi connectivity index (χ3n) is 2.30. The molecule has 0 aliphatic carbocycles. The molecule has 0 aliphatic rings. The predicted octanol–water partition coefficient (Wildman–Crippen LogP) is 4.18. The van der Waals surface area contributed by atoms with Gasteiger partial charge < -0.3 is 0 Å². The molecule has 0 fully saturated rings. The van der Waals surface area contributed by atoms with Crippen LogP contribution in [0.2, 0.25) is 0 Å². The molecule has 13 heavy (non-hydrogen) atoms. The van der Waals surface area contributed by atoms with Crippen LogP contribution in [-0.2, 0) is 6.42 Å². The zero-order chi connectivity index (χ0) is 9.84. The van der Waals surface area contributed by atoms with Crippen LogP contribution in [0.25, 0.3) is 0 Å². The molecule has 0 heterocycles. The summed E-state index contributed by atoms with van der Waals surface area (Å²) in [6, 6.07) is 5.21. The summed E-state index contributed by atoms with van der Waals surface area (Å²) in [5.74, 6) is 0.443. The maximum atomic E-state index is 13.1. The SMILES string of the molecule is CCC(C)Cc1cccc(F)c1Br. The van der Waals surface area contributed by atoms with Gasteiger partial charge >= 0.3 is 0 Å². The van der Waals surface area contributed by atoms with Crippen LogP contribution in [0.15, 0.2) is 22.7 Å². The summed E-state index contributed by atoms with van der Waals surface area (Å²) in [6.07, 6.45) is 2.07. The first-order valence-corrected chi connectivity index (χ1v) is 5.37. The Morgan fingerprint density at radius 3 is 2.77 bits per heavy atom. The van der Waals surface area contributed by atoms with Crippen molar-refractivity contribution in [3.63, 3.8) is 0 Å². The molecule has 0 nitrogen and oxygen atoms in total. The average Bonchev–Trinajstić information content (AvgIpc) is 2.13. The lowest BCUT2D eigenvalue weighted by atomic mass is 9.99. The van der Waals surface area contributed by atoms with E-state index in [1.165, 1.54) is 6.07 Å². The van der Waals surface area contributed by atoms with Crippen LogP contribution in [0, 0.1) is 11.7 Å². The largest absolute Gasteiger partial charge is 0.206 e. The minimum Gasteiger partial charge on any atom is -0.206 e. The van der Waals surface area contributed by atoms with Gasteiger partial charge in [-0.05, 0) is 39.9 Å². The van der Waals surface area contributed by atoms with Crippen molar-refractivity contribution in [3.8, 4) is 0 Å². The molecule has 0 aliphatic heterocycles. The van der Waals surface area contributed by atoms with Gasteiger partial charge in [-0.1, -0.05) is 32.4 Å². The molecular formula is C11H14BrF. The summed E-state index contributed by atoms with van der Waals surface area (Å²) in [6.45, 7) is 4.33. The van der Waals surface area contributed by atoms with Crippen LogP contribution < -0.4 is 0 Å². The molecule has 1 atom stereocenters. The van der Waals surface area contributed by atoms with E-state index in [4.69, 9.17) is 0 Å². The number of hydrogen-bond acceptors (Lipinski definition) is 0. The maximum absolute atomic E-state index is 13.1. The molecular weight excluding hydrogens is 231 g/mol. The van der Waals surface area contributed by atoms with Crippen molar-refractivity contribution in [1.29, 1.82) is 0 Å². The summed E-state index contributed by atoms with van der Waals surface area (Å²) in [4.78, 5) is 0. The molecule has 72 valence electrons. The van der Waals surface area contributed by atoms with Gasteiger partial charge in [0, 0.05) is 0 Å². The van der Waals surface area contributed by atoms with Gasteiger partial charge in [0.2, 0.25) is 0 Å². The van der Waals surface area contributed by atoms with Gasteiger partial charge in [-0.2, -0.15) is 0 Å². The fourth-order valence-electron chi connectivity index (χ4n) is 1.23.